The second-order valence-electron chi connectivity index (χ2n) is 5.22. The number of carbonyl (C=O) groups excluding carboxylic acids is 1. The van der Waals surface area contributed by atoms with Crippen molar-refractivity contribution in [1.29, 1.82) is 0 Å². The third kappa shape index (κ3) is 4.96. The highest BCUT2D eigenvalue weighted by molar-refractivity contribution is 7.92. The average Bonchev–Trinajstić information content (AvgIpc) is 2.28. The fraction of sp³-hybridized carbons (Fsp3) is 0.923. The Bertz CT molecular complexity index is 364. The van der Waals surface area contributed by atoms with Gasteiger partial charge in [0.2, 0.25) is 5.91 Å². The Labute approximate surface area is 110 Å². The molecule has 0 aromatic carbocycles. The molecule has 1 aliphatic carbocycles. The third-order valence-corrected chi connectivity index (χ3v) is 5.38. The first-order valence-electron chi connectivity index (χ1n) is 6.98. The SMILES string of the molecule is CCCS(=O)(=O)CC(=O)NC1CCCCC1CC. The first-order valence-corrected chi connectivity index (χ1v) is 8.80. The molecule has 1 rings (SSSR count). The molecule has 0 radical (unpaired) electrons. The minimum atomic E-state index is -3.22. The molecule has 1 fully saturated rings. The van der Waals surface area contributed by atoms with Gasteiger partial charge in [0.05, 0.1) is 5.75 Å². The van der Waals surface area contributed by atoms with Crippen LogP contribution in [0.1, 0.15) is 52.4 Å². The molecule has 1 N–H and O–H groups in total. The van der Waals surface area contributed by atoms with E-state index in [2.05, 4.69) is 12.2 Å². The highest BCUT2D eigenvalue weighted by atomic mass is 32.2. The molecule has 4 nitrogen and oxygen atoms in total. The lowest BCUT2D eigenvalue weighted by Crippen LogP contribution is -2.44. The van der Waals surface area contributed by atoms with Crippen LogP contribution in [0.3, 0.4) is 0 Å². The summed E-state index contributed by atoms with van der Waals surface area (Å²) in [5.74, 6) is -0.0684. The zero-order valence-electron chi connectivity index (χ0n) is 11.4. The molecule has 0 aliphatic heterocycles. The molecule has 18 heavy (non-hydrogen) atoms. The van der Waals surface area contributed by atoms with Crippen LogP contribution in [0, 0.1) is 5.92 Å². The van der Waals surface area contributed by atoms with E-state index < -0.39 is 9.84 Å². The molecule has 0 bridgehead atoms. The Morgan fingerprint density at radius 2 is 1.89 bits per heavy atom. The van der Waals surface area contributed by atoms with E-state index in [9.17, 15) is 13.2 Å². The molecule has 0 aromatic heterocycles. The quantitative estimate of drug-likeness (QED) is 0.805. The summed E-state index contributed by atoms with van der Waals surface area (Å²) in [6.45, 7) is 3.94. The highest BCUT2D eigenvalue weighted by Crippen LogP contribution is 2.26. The topological polar surface area (TPSA) is 63.2 Å². The van der Waals surface area contributed by atoms with Crippen molar-refractivity contribution in [1.82, 2.24) is 5.32 Å². The number of hydrogen-bond acceptors (Lipinski definition) is 3. The van der Waals surface area contributed by atoms with Crippen molar-refractivity contribution in [2.24, 2.45) is 5.92 Å². The summed E-state index contributed by atoms with van der Waals surface area (Å²) in [7, 11) is -3.22. The van der Waals surface area contributed by atoms with Gasteiger partial charge in [-0.25, -0.2) is 8.42 Å². The van der Waals surface area contributed by atoms with E-state index in [-0.39, 0.29) is 23.5 Å². The summed E-state index contributed by atoms with van der Waals surface area (Å²) in [6, 6.07) is 0.174. The van der Waals surface area contributed by atoms with Gasteiger partial charge in [-0.1, -0.05) is 33.1 Å². The van der Waals surface area contributed by atoms with Gasteiger partial charge in [0, 0.05) is 6.04 Å². The van der Waals surface area contributed by atoms with Gasteiger partial charge >= 0.3 is 0 Å². The van der Waals surface area contributed by atoms with Crippen molar-refractivity contribution < 1.29 is 13.2 Å². The largest absolute Gasteiger partial charge is 0.352 e. The van der Waals surface area contributed by atoms with E-state index in [1.54, 1.807) is 0 Å². The normalized spacial score (nSPS) is 24.8. The van der Waals surface area contributed by atoms with Crippen LogP contribution in [0.15, 0.2) is 0 Å². The number of hydrogen-bond donors (Lipinski definition) is 1. The Morgan fingerprint density at radius 3 is 2.50 bits per heavy atom. The number of sulfone groups is 1. The summed E-state index contributed by atoms with van der Waals surface area (Å²) >= 11 is 0. The second-order valence-corrected chi connectivity index (χ2v) is 7.40. The lowest BCUT2D eigenvalue weighted by atomic mass is 9.83. The van der Waals surface area contributed by atoms with Crippen LogP contribution in [-0.4, -0.2) is 31.9 Å². The molecule has 0 heterocycles. The Balaban J connectivity index is 2.48. The molecule has 1 saturated carbocycles. The van der Waals surface area contributed by atoms with Gasteiger partial charge in [0.1, 0.15) is 5.75 Å². The number of nitrogens with one attached hydrogen (secondary N) is 1. The smallest absolute Gasteiger partial charge is 0.235 e. The molecule has 1 aliphatic rings. The summed E-state index contributed by atoms with van der Waals surface area (Å²) in [5.41, 5.74) is 0. The average molecular weight is 275 g/mol. The summed E-state index contributed by atoms with van der Waals surface area (Å²) in [6.07, 6.45) is 6.09. The number of carbonyl (C=O) groups is 1. The van der Waals surface area contributed by atoms with Gasteiger partial charge in [-0.3, -0.25) is 4.79 Å². The molecule has 106 valence electrons. The number of rotatable bonds is 6. The number of amides is 1. The predicted octanol–water partition coefficient (Wildman–Crippen LogP) is 1.90. The highest BCUT2D eigenvalue weighted by Gasteiger charge is 2.26. The maximum absolute atomic E-state index is 11.8. The van der Waals surface area contributed by atoms with Crippen LogP contribution in [-0.2, 0) is 14.6 Å². The van der Waals surface area contributed by atoms with Crippen molar-refractivity contribution in [3.8, 4) is 0 Å². The molecule has 0 spiro atoms. The van der Waals surface area contributed by atoms with E-state index in [1.165, 1.54) is 6.42 Å². The Hall–Kier alpha value is -0.580. The van der Waals surface area contributed by atoms with Crippen LogP contribution in [0.4, 0.5) is 0 Å². The second kappa shape index (κ2) is 7.12. The summed E-state index contributed by atoms with van der Waals surface area (Å²) in [4.78, 5) is 11.8. The lowest BCUT2D eigenvalue weighted by Gasteiger charge is -2.31. The molecule has 2 atom stereocenters. The van der Waals surface area contributed by atoms with Crippen LogP contribution in [0.25, 0.3) is 0 Å². The maximum atomic E-state index is 11.8. The van der Waals surface area contributed by atoms with Crippen molar-refractivity contribution in [2.45, 2.75) is 58.4 Å². The molecule has 2 unspecified atom stereocenters. The first kappa shape index (κ1) is 15.5. The molecule has 0 aromatic rings. The maximum Gasteiger partial charge on any atom is 0.235 e. The zero-order valence-corrected chi connectivity index (χ0v) is 12.3. The van der Waals surface area contributed by atoms with Crippen molar-refractivity contribution in [3.63, 3.8) is 0 Å². The van der Waals surface area contributed by atoms with Crippen molar-refractivity contribution >= 4 is 15.7 Å². The predicted molar refractivity (Wildman–Crippen MR) is 73.1 cm³/mol. The molecular weight excluding hydrogens is 250 g/mol. The van der Waals surface area contributed by atoms with E-state index in [1.807, 2.05) is 6.92 Å². The van der Waals surface area contributed by atoms with Crippen molar-refractivity contribution in [3.05, 3.63) is 0 Å². The summed E-state index contributed by atoms with van der Waals surface area (Å²) in [5, 5.41) is 2.92. The van der Waals surface area contributed by atoms with E-state index >= 15 is 0 Å². The first-order chi connectivity index (χ1) is 8.48. The molecule has 1 amide bonds. The fourth-order valence-corrected chi connectivity index (χ4v) is 3.97. The van der Waals surface area contributed by atoms with Gasteiger partial charge in [-0.2, -0.15) is 0 Å². The third-order valence-electron chi connectivity index (χ3n) is 3.65. The van der Waals surface area contributed by atoms with Crippen LogP contribution < -0.4 is 5.32 Å². The van der Waals surface area contributed by atoms with Gasteiger partial charge < -0.3 is 5.32 Å². The summed E-state index contributed by atoms with van der Waals surface area (Å²) < 4.78 is 23.1. The van der Waals surface area contributed by atoms with Gasteiger partial charge in [-0.05, 0) is 25.2 Å². The zero-order chi connectivity index (χ0) is 13.6. The lowest BCUT2D eigenvalue weighted by molar-refractivity contribution is -0.119. The van der Waals surface area contributed by atoms with Crippen LogP contribution >= 0.6 is 0 Å². The van der Waals surface area contributed by atoms with Crippen molar-refractivity contribution in [2.75, 3.05) is 11.5 Å². The van der Waals surface area contributed by atoms with Crippen LogP contribution in [0.5, 0.6) is 0 Å². The Kier molecular flexibility index (Phi) is 6.12. The minimum absolute atomic E-state index is 0.0995. The van der Waals surface area contributed by atoms with Gasteiger partial charge in [0.25, 0.3) is 0 Å². The fourth-order valence-electron chi connectivity index (χ4n) is 2.72. The molecule has 0 saturated heterocycles. The van der Waals surface area contributed by atoms with E-state index in [0.717, 1.165) is 25.7 Å². The molecular formula is C13H25NO3S. The van der Waals surface area contributed by atoms with Gasteiger partial charge in [-0.15, -0.1) is 0 Å². The van der Waals surface area contributed by atoms with E-state index in [0.29, 0.717) is 12.3 Å². The van der Waals surface area contributed by atoms with Gasteiger partial charge in [0.15, 0.2) is 9.84 Å². The van der Waals surface area contributed by atoms with E-state index in [4.69, 9.17) is 0 Å². The van der Waals surface area contributed by atoms with Crippen LogP contribution in [0.2, 0.25) is 0 Å². The standard InChI is InChI=1S/C13H25NO3S/c1-3-9-18(16,17)10-13(15)14-12-8-6-5-7-11(12)4-2/h11-12H,3-10H2,1-2H3,(H,14,15). The molecule has 5 heteroatoms. The Morgan fingerprint density at radius 1 is 1.22 bits per heavy atom. The minimum Gasteiger partial charge on any atom is -0.352 e. The monoisotopic (exact) mass is 275 g/mol.